The van der Waals surface area contributed by atoms with Gasteiger partial charge in [0.2, 0.25) is 11.8 Å². The van der Waals surface area contributed by atoms with Gasteiger partial charge in [-0.25, -0.2) is 0 Å². The summed E-state index contributed by atoms with van der Waals surface area (Å²) in [6, 6.07) is -0.00848. The first kappa shape index (κ1) is 14.0. The Morgan fingerprint density at radius 3 is 3.11 bits per heavy atom. The number of hydrogen-bond acceptors (Lipinski definition) is 5. The van der Waals surface area contributed by atoms with Crippen molar-refractivity contribution >= 4 is 5.91 Å². The smallest absolute Gasteiger partial charge is 0.227 e. The molecular weight excluding hydrogens is 246 g/mol. The van der Waals surface area contributed by atoms with Gasteiger partial charge in [-0.15, -0.1) is 0 Å². The highest BCUT2D eigenvalue weighted by molar-refractivity contribution is 5.77. The maximum atomic E-state index is 12.0. The van der Waals surface area contributed by atoms with Crippen LogP contribution in [0.2, 0.25) is 0 Å². The van der Waals surface area contributed by atoms with E-state index >= 15 is 0 Å². The molecule has 1 amide bonds. The standard InChI is InChI=1S/C13H21N3O3/c1-2-4-11-14-12(19-15-11)6-7-13(18)16-8-3-5-10(16)9-17/h10,17H,2-9H2,1H3/t10-/m1/s1. The van der Waals surface area contributed by atoms with Crippen LogP contribution in [0.3, 0.4) is 0 Å². The van der Waals surface area contributed by atoms with E-state index in [2.05, 4.69) is 17.1 Å². The summed E-state index contributed by atoms with van der Waals surface area (Å²) in [5, 5.41) is 13.1. The third-order valence-corrected chi connectivity index (χ3v) is 3.44. The van der Waals surface area contributed by atoms with Gasteiger partial charge in [0.1, 0.15) is 0 Å². The molecule has 1 aromatic rings. The van der Waals surface area contributed by atoms with Gasteiger partial charge in [-0.2, -0.15) is 4.98 Å². The lowest BCUT2D eigenvalue weighted by atomic mass is 10.2. The quantitative estimate of drug-likeness (QED) is 0.829. The highest BCUT2D eigenvalue weighted by atomic mass is 16.5. The molecule has 0 spiro atoms. The fourth-order valence-electron chi connectivity index (χ4n) is 2.43. The molecule has 1 atom stereocenters. The lowest BCUT2D eigenvalue weighted by Gasteiger charge is -2.22. The second-order valence-electron chi connectivity index (χ2n) is 4.92. The minimum atomic E-state index is -0.00848. The molecule has 0 saturated carbocycles. The molecule has 2 rings (SSSR count). The van der Waals surface area contributed by atoms with Gasteiger partial charge in [0, 0.05) is 25.8 Å². The Labute approximate surface area is 112 Å². The van der Waals surface area contributed by atoms with Crippen molar-refractivity contribution in [1.82, 2.24) is 15.0 Å². The summed E-state index contributed by atoms with van der Waals surface area (Å²) in [5.41, 5.74) is 0. The van der Waals surface area contributed by atoms with Crippen LogP contribution in [-0.4, -0.2) is 45.2 Å². The van der Waals surface area contributed by atoms with Crippen molar-refractivity contribution in [2.24, 2.45) is 0 Å². The minimum Gasteiger partial charge on any atom is -0.394 e. The van der Waals surface area contributed by atoms with E-state index < -0.39 is 0 Å². The van der Waals surface area contributed by atoms with Crippen molar-refractivity contribution in [3.05, 3.63) is 11.7 Å². The summed E-state index contributed by atoms with van der Waals surface area (Å²) in [4.78, 5) is 18.1. The molecule has 0 aliphatic carbocycles. The molecule has 19 heavy (non-hydrogen) atoms. The summed E-state index contributed by atoms with van der Waals surface area (Å²) in [6.07, 6.45) is 4.48. The van der Waals surface area contributed by atoms with Crippen molar-refractivity contribution in [2.75, 3.05) is 13.2 Å². The summed E-state index contributed by atoms with van der Waals surface area (Å²) in [6.45, 7) is 2.85. The van der Waals surface area contributed by atoms with Crippen LogP contribution in [0.1, 0.15) is 44.3 Å². The Morgan fingerprint density at radius 2 is 2.37 bits per heavy atom. The fourth-order valence-corrected chi connectivity index (χ4v) is 2.43. The molecule has 0 bridgehead atoms. The third kappa shape index (κ3) is 3.53. The van der Waals surface area contributed by atoms with E-state index in [-0.39, 0.29) is 18.6 Å². The van der Waals surface area contributed by atoms with E-state index in [1.54, 1.807) is 4.90 Å². The van der Waals surface area contributed by atoms with E-state index in [0.717, 1.165) is 32.2 Å². The van der Waals surface area contributed by atoms with Gasteiger partial charge < -0.3 is 14.5 Å². The third-order valence-electron chi connectivity index (χ3n) is 3.44. The van der Waals surface area contributed by atoms with Crippen LogP contribution < -0.4 is 0 Å². The predicted octanol–water partition coefficient (Wildman–Crippen LogP) is 0.938. The van der Waals surface area contributed by atoms with Crippen molar-refractivity contribution in [1.29, 1.82) is 0 Å². The van der Waals surface area contributed by atoms with Crippen LogP contribution in [-0.2, 0) is 17.6 Å². The number of carbonyl (C=O) groups excluding carboxylic acids is 1. The normalized spacial score (nSPS) is 19.1. The van der Waals surface area contributed by atoms with E-state index in [0.29, 0.717) is 24.6 Å². The average molecular weight is 267 g/mol. The lowest BCUT2D eigenvalue weighted by Crippen LogP contribution is -2.37. The summed E-state index contributed by atoms with van der Waals surface area (Å²) in [7, 11) is 0. The van der Waals surface area contributed by atoms with Crippen molar-refractivity contribution < 1.29 is 14.4 Å². The molecular formula is C13H21N3O3. The van der Waals surface area contributed by atoms with Crippen LogP contribution in [0, 0.1) is 0 Å². The summed E-state index contributed by atoms with van der Waals surface area (Å²) >= 11 is 0. The number of likely N-dealkylation sites (tertiary alicyclic amines) is 1. The Balaban J connectivity index is 1.82. The number of aromatic nitrogens is 2. The molecule has 0 radical (unpaired) electrons. The molecule has 1 fully saturated rings. The van der Waals surface area contributed by atoms with Crippen molar-refractivity contribution in [3.8, 4) is 0 Å². The predicted molar refractivity (Wildman–Crippen MR) is 68.4 cm³/mol. The van der Waals surface area contributed by atoms with Crippen LogP contribution >= 0.6 is 0 Å². The highest BCUT2D eigenvalue weighted by Crippen LogP contribution is 2.18. The Morgan fingerprint density at radius 1 is 1.53 bits per heavy atom. The zero-order chi connectivity index (χ0) is 13.7. The number of nitrogens with zero attached hydrogens (tertiary/aromatic N) is 3. The molecule has 1 aromatic heterocycles. The zero-order valence-corrected chi connectivity index (χ0v) is 11.3. The number of carbonyl (C=O) groups is 1. The van der Waals surface area contributed by atoms with Crippen LogP contribution in [0.5, 0.6) is 0 Å². The fraction of sp³-hybridized carbons (Fsp3) is 0.769. The lowest BCUT2D eigenvalue weighted by molar-refractivity contribution is -0.132. The monoisotopic (exact) mass is 267 g/mol. The Bertz CT molecular complexity index is 419. The largest absolute Gasteiger partial charge is 0.394 e. The van der Waals surface area contributed by atoms with E-state index in [1.165, 1.54) is 0 Å². The Hall–Kier alpha value is -1.43. The van der Waals surface area contributed by atoms with Crippen molar-refractivity contribution in [2.45, 2.75) is 51.5 Å². The van der Waals surface area contributed by atoms with Crippen LogP contribution in [0.25, 0.3) is 0 Å². The zero-order valence-electron chi connectivity index (χ0n) is 11.3. The first-order valence-corrected chi connectivity index (χ1v) is 6.96. The van der Waals surface area contributed by atoms with Crippen molar-refractivity contribution in [3.63, 3.8) is 0 Å². The molecule has 6 heteroatoms. The number of rotatable bonds is 6. The van der Waals surface area contributed by atoms with Gasteiger partial charge in [-0.05, 0) is 19.3 Å². The molecule has 6 nitrogen and oxygen atoms in total. The second kappa shape index (κ2) is 6.65. The minimum absolute atomic E-state index is 0.00848. The Kier molecular flexibility index (Phi) is 4.90. The summed E-state index contributed by atoms with van der Waals surface area (Å²) in [5.74, 6) is 1.29. The SMILES string of the molecule is CCCc1noc(CCC(=O)N2CCC[C@@H]2CO)n1. The maximum Gasteiger partial charge on any atom is 0.227 e. The average Bonchev–Trinajstić information content (AvgIpc) is 3.05. The molecule has 0 unspecified atom stereocenters. The van der Waals surface area contributed by atoms with Gasteiger partial charge in [0.15, 0.2) is 5.82 Å². The molecule has 1 saturated heterocycles. The first-order chi connectivity index (χ1) is 9.24. The van der Waals surface area contributed by atoms with Gasteiger partial charge in [-0.1, -0.05) is 12.1 Å². The van der Waals surface area contributed by atoms with Gasteiger partial charge >= 0.3 is 0 Å². The molecule has 106 valence electrons. The van der Waals surface area contributed by atoms with E-state index in [4.69, 9.17) is 4.52 Å². The molecule has 0 aromatic carbocycles. The first-order valence-electron chi connectivity index (χ1n) is 6.96. The molecule has 2 heterocycles. The number of amides is 1. The van der Waals surface area contributed by atoms with Gasteiger partial charge in [0.05, 0.1) is 12.6 Å². The number of hydrogen-bond donors (Lipinski definition) is 1. The molecule has 1 aliphatic rings. The molecule has 1 aliphatic heterocycles. The maximum absolute atomic E-state index is 12.0. The summed E-state index contributed by atoms with van der Waals surface area (Å²) < 4.78 is 5.10. The number of aliphatic hydroxyl groups excluding tert-OH is 1. The topological polar surface area (TPSA) is 79.5 Å². The highest BCUT2D eigenvalue weighted by Gasteiger charge is 2.27. The van der Waals surface area contributed by atoms with E-state index in [9.17, 15) is 9.90 Å². The molecule has 1 N–H and O–H groups in total. The van der Waals surface area contributed by atoms with Crippen LogP contribution in [0.4, 0.5) is 0 Å². The van der Waals surface area contributed by atoms with Gasteiger partial charge in [0.25, 0.3) is 0 Å². The van der Waals surface area contributed by atoms with Gasteiger partial charge in [-0.3, -0.25) is 4.79 Å². The van der Waals surface area contributed by atoms with E-state index in [1.807, 2.05) is 0 Å². The van der Waals surface area contributed by atoms with Crippen LogP contribution in [0.15, 0.2) is 4.52 Å². The number of aryl methyl sites for hydroxylation is 2. The second-order valence-corrected chi connectivity index (χ2v) is 4.92. The number of aliphatic hydroxyl groups is 1.